The molecule has 0 bridgehead atoms. The van der Waals surface area contributed by atoms with Gasteiger partial charge in [0.2, 0.25) is 5.91 Å². The Morgan fingerprint density at radius 2 is 2.07 bits per heavy atom. The Labute approximate surface area is 166 Å². The average molecular weight is 392 g/mol. The molecule has 0 unspecified atom stereocenters. The molecule has 7 heteroatoms. The van der Waals surface area contributed by atoms with Crippen molar-refractivity contribution in [2.24, 2.45) is 4.99 Å². The second-order valence-corrected chi connectivity index (χ2v) is 8.08. The standard InChI is InChI=1S/C20H30ClN5O/c1-6-22-19(26(5)13-18(27)25-20(2,3)4)23-10-9-14-12-24-17-8-7-15(21)11-16(14)17/h7-8,11-12,24H,6,9-10,13H2,1-5H3,(H,22,23)(H,25,27). The second-order valence-electron chi connectivity index (χ2n) is 7.64. The Balaban J connectivity index is 2.01. The zero-order valence-electron chi connectivity index (χ0n) is 16.8. The van der Waals surface area contributed by atoms with E-state index < -0.39 is 0 Å². The highest BCUT2D eigenvalue weighted by Gasteiger charge is 2.16. The van der Waals surface area contributed by atoms with E-state index in [2.05, 4.69) is 20.6 Å². The van der Waals surface area contributed by atoms with E-state index >= 15 is 0 Å². The molecule has 1 heterocycles. The van der Waals surface area contributed by atoms with E-state index in [1.807, 2.05) is 64.0 Å². The van der Waals surface area contributed by atoms with Gasteiger partial charge in [-0.3, -0.25) is 9.79 Å². The van der Waals surface area contributed by atoms with Crippen LogP contribution in [-0.4, -0.2) is 54.0 Å². The number of rotatable bonds is 6. The summed E-state index contributed by atoms with van der Waals surface area (Å²) < 4.78 is 0. The van der Waals surface area contributed by atoms with Crippen molar-refractivity contribution < 1.29 is 4.79 Å². The smallest absolute Gasteiger partial charge is 0.240 e. The summed E-state index contributed by atoms with van der Waals surface area (Å²) >= 11 is 6.11. The number of halogens is 1. The molecule has 0 aliphatic heterocycles. The van der Waals surface area contributed by atoms with Gasteiger partial charge in [0.25, 0.3) is 0 Å². The summed E-state index contributed by atoms with van der Waals surface area (Å²) in [6, 6.07) is 5.83. The molecule has 0 radical (unpaired) electrons. The molecule has 1 aromatic heterocycles. The zero-order chi connectivity index (χ0) is 20.0. The molecule has 1 aromatic carbocycles. The van der Waals surface area contributed by atoms with Gasteiger partial charge in [0.05, 0.1) is 6.54 Å². The first-order valence-corrected chi connectivity index (χ1v) is 9.63. The highest BCUT2D eigenvalue weighted by Crippen LogP contribution is 2.22. The summed E-state index contributed by atoms with van der Waals surface area (Å²) in [7, 11) is 1.87. The fraction of sp³-hybridized carbons (Fsp3) is 0.500. The number of aliphatic imine (C=N–C) groups is 1. The third-order valence-corrected chi connectivity index (χ3v) is 4.20. The summed E-state index contributed by atoms with van der Waals surface area (Å²) in [5.41, 5.74) is 2.01. The molecule has 1 amide bonds. The Morgan fingerprint density at radius 1 is 1.33 bits per heavy atom. The minimum Gasteiger partial charge on any atom is -0.361 e. The zero-order valence-corrected chi connectivity index (χ0v) is 17.6. The number of fused-ring (bicyclic) bond motifs is 1. The fourth-order valence-corrected chi connectivity index (χ4v) is 3.03. The molecule has 3 N–H and O–H groups in total. The number of amides is 1. The van der Waals surface area contributed by atoms with Gasteiger partial charge < -0.3 is 20.5 Å². The first kappa shape index (κ1) is 21.1. The van der Waals surface area contributed by atoms with E-state index in [1.165, 1.54) is 5.56 Å². The number of aromatic amines is 1. The van der Waals surface area contributed by atoms with Crippen LogP contribution in [0.2, 0.25) is 5.02 Å². The van der Waals surface area contributed by atoms with Crippen LogP contribution in [0.3, 0.4) is 0 Å². The maximum atomic E-state index is 12.2. The third kappa shape index (κ3) is 6.47. The summed E-state index contributed by atoms with van der Waals surface area (Å²) in [4.78, 5) is 21.9. The Kier molecular flexibility index (Phi) is 7.13. The number of nitrogens with one attached hydrogen (secondary N) is 3. The van der Waals surface area contributed by atoms with Crippen molar-refractivity contribution >= 4 is 34.4 Å². The lowest BCUT2D eigenvalue weighted by molar-refractivity contribution is -0.122. The molecule has 6 nitrogen and oxygen atoms in total. The van der Waals surface area contributed by atoms with Crippen molar-refractivity contribution in [3.63, 3.8) is 0 Å². The molecule has 2 aromatic rings. The summed E-state index contributed by atoms with van der Waals surface area (Å²) in [5, 5.41) is 8.07. The van der Waals surface area contributed by atoms with Gasteiger partial charge in [-0.25, -0.2) is 0 Å². The summed E-state index contributed by atoms with van der Waals surface area (Å²) in [6.07, 6.45) is 2.79. The van der Waals surface area contributed by atoms with Crippen LogP contribution in [0.5, 0.6) is 0 Å². The number of nitrogens with zero attached hydrogens (tertiary/aromatic N) is 2. The van der Waals surface area contributed by atoms with Crippen LogP contribution in [0.4, 0.5) is 0 Å². The van der Waals surface area contributed by atoms with Crippen LogP contribution in [0.15, 0.2) is 29.4 Å². The Hall–Kier alpha value is -2.21. The molecule has 0 spiro atoms. The molecular formula is C20H30ClN5O. The van der Waals surface area contributed by atoms with Gasteiger partial charge in [-0.15, -0.1) is 0 Å². The van der Waals surface area contributed by atoms with Gasteiger partial charge in [0.1, 0.15) is 0 Å². The predicted molar refractivity (Wildman–Crippen MR) is 114 cm³/mol. The molecule has 148 valence electrons. The number of benzene rings is 1. The monoisotopic (exact) mass is 391 g/mol. The third-order valence-electron chi connectivity index (χ3n) is 3.96. The normalized spacial score (nSPS) is 12.3. The van der Waals surface area contributed by atoms with Gasteiger partial charge in [-0.05, 0) is 57.9 Å². The number of hydrogen-bond acceptors (Lipinski definition) is 2. The van der Waals surface area contributed by atoms with E-state index in [1.54, 1.807) is 0 Å². The van der Waals surface area contributed by atoms with Crippen molar-refractivity contribution in [2.75, 3.05) is 26.7 Å². The largest absolute Gasteiger partial charge is 0.361 e. The minimum atomic E-state index is -0.246. The van der Waals surface area contributed by atoms with E-state index in [-0.39, 0.29) is 18.0 Å². The van der Waals surface area contributed by atoms with Gasteiger partial charge >= 0.3 is 0 Å². The molecular weight excluding hydrogens is 362 g/mol. The highest BCUT2D eigenvalue weighted by atomic mass is 35.5. The van der Waals surface area contributed by atoms with Gasteiger partial charge in [-0.1, -0.05) is 11.6 Å². The Morgan fingerprint density at radius 3 is 2.74 bits per heavy atom. The lowest BCUT2D eigenvalue weighted by Gasteiger charge is -2.25. The molecule has 0 aliphatic rings. The molecule has 0 aliphatic carbocycles. The van der Waals surface area contributed by atoms with Crippen molar-refractivity contribution in [3.8, 4) is 0 Å². The lowest BCUT2D eigenvalue weighted by atomic mass is 10.1. The number of guanidine groups is 1. The number of hydrogen-bond donors (Lipinski definition) is 3. The lowest BCUT2D eigenvalue weighted by Crippen LogP contribution is -2.48. The van der Waals surface area contributed by atoms with E-state index in [9.17, 15) is 4.79 Å². The fourth-order valence-electron chi connectivity index (χ4n) is 2.86. The van der Waals surface area contributed by atoms with Crippen LogP contribution in [0.25, 0.3) is 10.9 Å². The number of likely N-dealkylation sites (N-methyl/N-ethyl adjacent to an activating group) is 1. The quantitative estimate of drug-likeness (QED) is 0.523. The van der Waals surface area contributed by atoms with Crippen LogP contribution in [-0.2, 0) is 11.2 Å². The maximum Gasteiger partial charge on any atom is 0.240 e. The van der Waals surface area contributed by atoms with Gasteiger partial charge in [0.15, 0.2) is 5.96 Å². The van der Waals surface area contributed by atoms with Crippen molar-refractivity contribution in [3.05, 3.63) is 35.0 Å². The number of H-pyrrole nitrogens is 1. The van der Waals surface area contributed by atoms with Crippen LogP contribution in [0.1, 0.15) is 33.3 Å². The summed E-state index contributed by atoms with van der Waals surface area (Å²) in [5.74, 6) is 0.696. The first-order chi connectivity index (χ1) is 12.7. The topological polar surface area (TPSA) is 72.5 Å². The molecule has 27 heavy (non-hydrogen) atoms. The van der Waals surface area contributed by atoms with Crippen molar-refractivity contribution in [1.29, 1.82) is 0 Å². The highest BCUT2D eigenvalue weighted by molar-refractivity contribution is 6.31. The van der Waals surface area contributed by atoms with E-state index in [0.717, 1.165) is 34.9 Å². The van der Waals surface area contributed by atoms with Gasteiger partial charge in [0, 0.05) is 47.8 Å². The second kappa shape index (κ2) is 9.13. The molecule has 0 atom stereocenters. The predicted octanol–water partition coefficient (Wildman–Crippen LogP) is 3.18. The maximum absolute atomic E-state index is 12.2. The van der Waals surface area contributed by atoms with Gasteiger partial charge in [-0.2, -0.15) is 0 Å². The minimum absolute atomic E-state index is 0.0260. The van der Waals surface area contributed by atoms with Crippen LogP contribution in [0, 0.1) is 0 Å². The SMILES string of the molecule is CCNC(=NCCc1c[nH]c2ccc(Cl)cc12)N(C)CC(=O)NC(C)(C)C. The molecule has 0 saturated heterocycles. The van der Waals surface area contributed by atoms with E-state index in [4.69, 9.17) is 11.6 Å². The first-order valence-electron chi connectivity index (χ1n) is 9.25. The Bertz CT molecular complexity index is 806. The van der Waals surface area contributed by atoms with E-state index in [0.29, 0.717) is 6.54 Å². The number of carbonyl (C=O) groups excluding carboxylic acids is 1. The molecule has 2 rings (SSSR count). The number of carbonyl (C=O) groups is 1. The average Bonchev–Trinajstić information content (AvgIpc) is 2.94. The van der Waals surface area contributed by atoms with Crippen LogP contribution < -0.4 is 10.6 Å². The van der Waals surface area contributed by atoms with Crippen LogP contribution >= 0.6 is 11.6 Å². The molecule has 0 fully saturated rings. The summed E-state index contributed by atoms with van der Waals surface area (Å²) in [6.45, 7) is 9.54. The van der Waals surface area contributed by atoms with Crippen molar-refractivity contribution in [2.45, 2.75) is 39.7 Å². The molecule has 0 saturated carbocycles. The number of aromatic nitrogens is 1. The van der Waals surface area contributed by atoms with Crippen molar-refractivity contribution in [1.82, 2.24) is 20.5 Å².